The van der Waals surface area contributed by atoms with Crippen LogP contribution in [0.5, 0.6) is 0 Å². The highest BCUT2D eigenvalue weighted by Gasteiger charge is 2.31. The highest BCUT2D eigenvalue weighted by molar-refractivity contribution is 5.67. The van der Waals surface area contributed by atoms with Crippen molar-refractivity contribution in [1.82, 2.24) is 10.6 Å². The largest absolute Gasteiger partial charge is 0.445 e. The molecular formula is C16H22N2O3. The number of rotatable bonds is 4. The molecule has 1 aromatic carbocycles. The number of morpholine rings is 1. The van der Waals surface area contributed by atoms with E-state index in [1.165, 1.54) is 0 Å². The van der Waals surface area contributed by atoms with Gasteiger partial charge < -0.3 is 20.1 Å². The van der Waals surface area contributed by atoms with Crippen LogP contribution in [0.15, 0.2) is 30.3 Å². The molecule has 2 N–H and O–H groups in total. The Balaban J connectivity index is 1.38. The van der Waals surface area contributed by atoms with Crippen LogP contribution in [0.1, 0.15) is 18.4 Å². The number of ether oxygens (including phenoxy) is 2. The van der Waals surface area contributed by atoms with Crippen LogP contribution in [0.2, 0.25) is 0 Å². The number of hydrogen-bond donors (Lipinski definition) is 2. The Morgan fingerprint density at radius 2 is 1.95 bits per heavy atom. The lowest BCUT2D eigenvalue weighted by Gasteiger charge is -2.40. The first-order valence-electron chi connectivity index (χ1n) is 7.58. The molecule has 5 heteroatoms. The maximum Gasteiger partial charge on any atom is 0.407 e. The van der Waals surface area contributed by atoms with Crippen LogP contribution in [0, 0.1) is 5.92 Å². The van der Waals surface area contributed by atoms with Gasteiger partial charge in [-0.1, -0.05) is 30.3 Å². The van der Waals surface area contributed by atoms with Crippen LogP contribution in [0.3, 0.4) is 0 Å². The fourth-order valence-electron chi connectivity index (χ4n) is 3.12. The van der Waals surface area contributed by atoms with E-state index in [-0.39, 0.29) is 6.09 Å². The minimum atomic E-state index is -0.334. The first kappa shape index (κ1) is 14.4. The molecule has 5 nitrogen and oxygen atoms in total. The number of carbonyl (C=O) groups is 1. The molecule has 0 aliphatic carbocycles. The molecule has 2 heterocycles. The van der Waals surface area contributed by atoms with Crippen molar-refractivity contribution >= 4 is 6.09 Å². The number of carbonyl (C=O) groups excluding carboxylic acids is 1. The summed E-state index contributed by atoms with van der Waals surface area (Å²) in [6.45, 7) is 2.57. The minimum absolute atomic E-state index is 0.317. The van der Waals surface area contributed by atoms with Gasteiger partial charge in [-0.15, -0.1) is 0 Å². The number of alkyl carbamates (subject to hydrolysis) is 1. The molecule has 0 radical (unpaired) electrons. The smallest absolute Gasteiger partial charge is 0.407 e. The van der Waals surface area contributed by atoms with Crippen molar-refractivity contribution in [1.29, 1.82) is 0 Å². The van der Waals surface area contributed by atoms with Crippen LogP contribution in [0.25, 0.3) is 0 Å². The summed E-state index contributed by atoms with van der Waals surface area (Å²) in [7, 11) is 0. The van der Waals surface area contributed by atoms with E-state index in [1.54, 1.807) is 0 Å². The molecule has 2 saturated heterocycles. The van der Waals surface area contributed by atoms with E-state index < -0.39 is 0 Å². The Morgan fingerprint density at radius 3 is 2.67 bits per heavy atom. The summed E-state index contributed by atoms with van der Waals surface area (Å²) >= 11 is 0. The number of nitrogens with one attached hydrogen (secondary N) is 2. The van der Waals surface area contributed by atoms with E-state index in [0.29, 0.717) is 31.2 Å². The average Bonchev–Trinajstić information content (AvgIpc) is 2.52. The predicted molar refractivity (Wildman–Crippen MR) is 78.9 cm³/mol. The highest BCUT2D eigenvalue weighted by atomic mass is 16.5. The third kappa shape index (κ3) is 4.19. The second-order valence-electron chi connectivity index (χ2n) is 5.88. The molecule has 0 saturated carbocycles. The maximum atomic E-state index is 11.7. The lowest BCUT2D eigenvalue weighted by Crippen LogP contribution is -2.55. The van der Waals surface area contributed by atoms with Gasteiger partial charge in [0.15, 0.2) is 0 Å². The van der Waals surface area contributed by atoms with Gasteiger partial charge in [0.2, 0.25) is 0 Å². The normalized spacial score (nSPS) is 27.9. The molecule has 2 atom stereocenters. The van der Waals surface area contributed by atoms with Crippen molar-refractivity contribution in [2.24, 2.45) is 5.92 Å². The van der Waals surface area contributed by atoms with Crippen molar-refractivity contribution in [2.45, 2.75) is 31.5 Å². The summed E-state index contributed by atoms with van der Waals surface area (Å²) < 4.78 is 10.7. The van der Waals surface area contributed by atoms with Gasteiger partial charge in [-0.25, -0.2) is 4.79 Å². The number of benzene rings is 1. The Morgan fingerprint density at radius 1 is 1.24 bits per heavy atom. The second-order valence-corrected chi connectivity index (χ2v) is 5.88. The van der Waals surface area contributed by atoms with Gasteiger partial charge in [-0.3, -0.25) is 0 Å². The zero-order chi connectivity index (χ0) is 14.5. The first-order valence-corrected chi connectivity index (χ1v) is 7.58. The molecule has 114 valence electrons. The van der Waals surface area contributed by atoms with E-state index >= 15 is 0 Å². The fourth-order valence-corrected chi connectivity index (χ4v) is 3.12. The van der Waals surface area contributed by atoms with E-state index in [9.17, 15) is 4.79 Å². The van der Waals surface area contributed by atoms with Crippen LogP contribution >= 0.6 is 0 Å². The minimum Gasteiger partial charge on any atom is -0.445 e. The van der Waals surface area contributed by atoms with Crippen LogP contribution in [-0.4, -0.2) is 37.9 Å². The highest BCUT2D eigenvalue weighted by Crippen LogP contribution is 2.23. The van der Waals surface area contributed by atoms with Gasteiger partial charge in [0.1, 0.15) is 6.61 Å². The molecule has 0 spiro atoms. The summed E-state index contributed by atoms with van der Waals surface area (Å²) in [5.74, 6) is 0.509. The molecule has 2 aliphatic heterocycles. The molecule has 2 fully saturated rings. The van der Waals surface area contributed by atoms with Crippen molar-refractivity contribution in [3.8, 4) is 0 Å². The van der Waals surface area contributed by atoms with E-state index in [0.717, 1.165) is 31.6 Å². The van der Waals surface area contributed by atoms with Gasteiger partial charge in [0, 0.05) is 18.6 Å². The molecule has 2 aliphatic rings. The van der Waals surface area contributed by atoms with E-state index in [1.807, 2.05) is 30.3 Å². The molecule has 2 unspecified atom stereocenters. The molecule has 3 rings (SSSR count). The van der Waals surface area contributed by atoms with Crippen LogP contribution in [0.4, 0.5) is 4.79 Å². The molecule has 2 bridgehead atoms. The zero-order valence-corrected chi connectivity index (χ0v) is 12.1. The lowest BCUT2D eigenvalue weighted by molar-refractivity contribution is 0.00811. The summed E-state index contributed by atoms with van der Waals surface area (Å²) in [5, 5.41) is 6.43. The quantitative estimate of drug-likeness (QED) is 0.886. The van der Waals surface area contributed by atoms with Gasteiger partial charge in [0.05, 0.1) is 13.2 Å². The first-order chi connectivity index (χ1) is 10.3. The zero-order valence-electron chi connectivity index (χ0n) is 12.1. The van der Waals surface area contributed by atoms with Gasteiger partial charge in [-0.05, 0) is 24.3 Å². The SMILES string of the molecule is O=C(NCC1CC2COCC(C1)N2)OCc1ccccc1. The van der Waals surface area contributed by atoms with Crippen molar-refractivity contribution in [2.75, 3.05) is 19.8 Å². The Hall–Kier alpha value is -1.59. The number of hydrogen-bond acceptors (Lipinski definition) is 4. The third-order valence-corrected chi connectivity index (χ3v) is 4.09. The Bertz CT molecular complexity index is 454. The maximum absolute atomic E-state index is 11.7. The standard InChI is InChI=1S/C16H22N2O3/c19-16(21-9-12-4-2-1-3-5-12)17-8-13-6-14-10-20-11-15(7-13)18-14/h1-5,13-15,18H,6-11H2,(H,17,19). The second kappa shape index (κ2) is 6.91. The number of amides is 1. The van der Waals surface area contributed by atoms with Crippen LogP contribution < -0.4 is 10.6 Å². The van der Waals surface area contributed by atoms with E-state index in [4.69, 9.17) is 9.47 Å². The number of fused-ring (bicyclic) bond motifs is 2. The van der Waals surface area contributed by atoms with Gasteiger partial charge >= 0.3 is 6.09 Å². The summed E-state index contributed by atoms with van der Waals surface area (Å²) in [6.07, 6.45) is 1.77. The Kier molecular flexibility index (Phi) is 4.72. The molecular weight excluding hydrogens is 268 g/mol. The fraction of sp³-hybridized carbons (Fsp3) is 0.562. The van der Waals surface area contributed by atoms with E-state index in [2.05, 4.69) is 10.6 Å². The molecule has 21 heavy (non-hydrogen) atoms. The summed E-state index contributed by atoms with van der Waals surface area (Å²) in [6, 6.07) is 10.6. The summed E-state index contributed by atoms with van der Waals surface area (Å²) in [5.41, 5.74) is 1.00. The molecule has 0 aromatic heterocycles. The molecule has 1 amide bonds. The lowest BCUT2D eigenvalue weighted by atomic mass is 9.87. The third-order valence-electron chi connectivity index (χ3n) is 4.09. The number of piperidine rings is 1. The van der Waals surface area contributed by atoms with Crippen molar-refractivity contribution in [3.63, 3.8) is 0 Å². The molecule has 1 aromatic rings. The van der Waals surface area contributed by atoms with Gasteiger partial charge in [0.25, 0.3) is 0 Å². The Labute approximate surface area is 125 Å². The van der Waals surface area contributed by atoms with Gasteiger partial charge in [-0.2, -0.15) is 0 Å². The van der Waals surface area contributed by atoms with Crippen LogP contribution in [-0.2, 0) is 16.1 Å². The topological polar surface area (TPSA) is 59.6 Å². The average molecular weight is 290 g/mol. The monoisotopic (exact) mass is 290 g/mol. The van der Waals surface area contributed by atoms with Crippen molar-refractivity contribution < 1.29 is 14.3 Å². The predicted octanol–water partition coefficient (Wildman–Crippen LogP) is 1.68. The summed E-state index contributed by atoms with van der Waals surface area (Å²) in [4.78, 5) is 11.7. The van der Waals surface area contributed by atoms with Crippen molar-refractivity contribution in [3.05, 3.63) is 35.9 Å².